The molecular weight excluding hydrogens is 296 g/mol. The summed E-state index contributed by atoms with van der Waals surface area (Å²) in [6.45, 7) is 2.37. The van der Waals surface area contributed by atoms with Crippen LogP contribution in [0.3, 0.4) is 0 Å². The van der Waals surface area contributed by atoms with E-state index in [4.69, 9.17) is 0 Å². The number of benzene rings is 1. The van der Waals surface area contributed by atoms with Gasteiger partial charge in [-0.05, 0) is 53.5 Å². The Kier molecular flexibility index (Phi) is 2.95. The van der Waals surface area contributed by atoms with Gasteiger partial charge in [0.05, 0.1) is 11.1 Å². The topological polar surface area (TPSA) is 49.4 Å². The van der Waals surface area contributed by atoms with E-state index in [9.17, 15) is 9.59 Å². The van der Waals surface area contributed by atoms with Crippen molar-refractivity contribution < 1.29 is 9.59 Å². The van der Waals surface area contributed by atoms with Gasteiger partial charge >= 0.3 is 0 Å². The molecule has 1 atom stereocenters. The number of amides is 2. The molecule has 2 aliphatic rings. The maximum Gasteiger partial charge on any atom is 0.262 e. The lowest BCUT2D eigenvalue weighted by molar-refractivity contribution is 0.0632. The van der Waals surface area contributed by atoms with E-state index in [-0.39, 0.29) is 11.8 Å². The lowest BCUT2D eigenvalue weighted by Crippen LogP contribution is -2.35. The van der Waals surface area contributed by atoms with E-state index in [0.717, 1.165) is 19.5 Å². The summed E-state index contributed by atoms with van der Waals surface area (Å²) in [7, 11) is 0. The number of halogens is 1. The first-order chi connectivity index (χ1) is 8.68. The van der Waals surface area contributed by atoms with Crippen LogP contribution in [0.15, 0.2) is 22.7 Å². The molecule has 1 aromatic rings. The lowest BCUT2D eigenvalue weighted by Gasteiger charge is -2.17. The van der Waals surface area contributed by atoms with Gasteiger partial charge in [0.15, 0.2) is 0 Å². The Morgan fingerprint density at radius 2 is 2.17 bits per heavy atom. The van der Waals surface area contributed by atoms with Crippen molar-refractivity contribution in [2.45, 2.75) is 6.42 Å². The highest BCUT2D eigenvalue weighted by Crippen LogP contribution is 2.30. The molecule has 2 amide bonds. The molecule has 0 bridgehead atoms. The van der Waals surface area contributed by atoms with E-state index in [1.165, 1.54) is 4.90 Å². The van der Waals surface area contributed by atoms with Gasteiger partial charge in [0.1, 0.15) is 0 Å². The molecule has 3 rings (SSSR count). The van der Waals surface area contributed by atoms with E-state index in [1.807, 2.05) is 0 Å². The van der Waals surface area contributed by atoms with Crippen molar-refractivity contribution in [1.82, 2.24) is 10.2 Å². The van der Waals surface area contributed by atoms with Gasteiger partial charge in [-0.15, -0.1) is 0 Å². The van der Waals surface area contributed by atoms with Gasteiger partial charge < -0.3 is 5.32 Å². The number of imide groups is 1. The molecule has 2 aliphatic heterocycles. The third kappa shape index (κ3) is 1.78. The Morgan fingerprint density at radius 3 is 2.83 bits per heavy atom. The zero-order chi connectivity index (χ0) is 12.7. The van der Waals surface area contributed by atoms with Crippen LogP contribution in [0, 0.1) is 5.92 Å². The number of rotatable bonds is 2. The first-order valence-corrected chi connectivity index (χ1v) is 6.83. The Bertz CT molecular complexity index is 524. The molecule has 5 heteroatoms. The van der Waals surface area contributed by atoms with Crippen molar-refractivity contribution in [1.29, 1.82) is 0 Å². The summed E-state index contributed by atoms with van der Waals surface area (Å²) in [5, 5.41) is 3.25. The minimum Gasteiger partial charge on any atom is -0.316 e. The largest absolute Gasteiger partial charge is 0.316 e. The van der Waals surface area contributed by atoms with Crippen LogP contribution in [-0.4, -0.2) is 36.3 Å². The molecular formula is C13H13BrN2O2. The van der Waals surface area contributed by atoms with Crippen LogP contribution >= 0.6 is 15.9 Å². The van der Waals surface area contributed by atoms with E-state index >= 15 is 0 Å². The minimum absolute atomic E-state index is 0.164. The fourth-order valence-electron chi connectivity index (χ4n) is 2.59. The molecule has 0 radical (unpaired) electrons. The highest BCUT2D eigenvalue weighted by Gasteiger charge is 2.38. The molecule has 4 nitrogen and oxygen atoms in total. The third-order valence-corrected chi connectivity index (χ3v) is 4.21. The van der Waals surface area contributed by atoms with Gasteiger partial charge in [0.2, 0.25) is 0 Å². The van der Waals surface area contributed by atoms with Gasteiger partial charge in [0, 0.05) is 11.0 Å². The van der Waals surface area contributed by atoms with Crippen LogP contribution in [0.4, 0.5) is 0 Å². The predicted molar refractivity (Wildman–Crippen MR) is 70.5 cm³/mol. The van der Waals surface area contributed by atoms with Crippen LogP contribution in [0.25, 0.3) is 0 Å². The molecule has 18 heavy (non-hydrogen) atoms. The second kappa shape index (κ2) is 4.48. The number of nitrogens with zero attached hydrogens (tertiary/aromatic N) is 1. The minimum atomic E-state index is -0.172. The highest BCUT2D eigenvalue weighted by molar-refractivity contribution is 9.10. The van der Waals surface area contributed by atoms with E-state index in [2.05, 4.69) is 21.2 Å². The fraction of sp³-hybridized carbons (Fsp3) is 0.385. The summed E-state index contributed by atoms with van der Waals surface area (Å²) in [6.07, 6.45) is 1.02. The van der Waals surface area contributed by atoms with Gasteiger partial charge in [-0.2, -0.15) is 0 Å². The van der Waals surface area contributed by atoms with Gasteiger partial charge in [-0.1, -0.05) is 6.07 Å². The molecule has 0 aliphatic carbocycles. The molecule has 1 unspecified atom stereocenters. The number of carbonyl (C=O) groups is 2. The van der Waals surface area contributed by atoms with Crippen molar-refractivity contribution in [3.63, 3.8) is 0 Å². The number of hydrogen-bond donors (Lipinski definition) is 1. The summed E-state index contributed by atoms with van der Waals surface area (Å²) < 4.78 is 0.699. The first kappa shape index (κ1) is 11.9. The Balaban J connectivity index is 1.89. The molecule has 1 saturated heterocycles. The number of fused-ring (bicyclic) bond motifs is 1. The van der Waals surface area contributed by atoms with Crippen molar-refractivity contribution >= 4 is 27.7 Å². The van der Waals surface area contributed by atoms with Gasteiger partial charge in [-0.3, -0.25) is 14.5 Å². The second-order valence-corrected chi connectivity index (χ2v) is 5.60. The van der Waals surface area contributed by atoms with E-state index in [1.54, 1.807) is 18.2 Å². The fourth-order valence-corrected chi connectivity index (χ4v) is 3.12. The van der Waals surface area contributed by atoms with Crippen LogP contribution < -0.4 is 5.32 Å². The summed E-state index contributed by atoms with van der Waals surface area (Å²) >= 11 is 3.34. The molecule has 0 aromatic heterocycles. The lowest BCUT2D eigenvalue weighted by atomic mass is 10.1. The monoisotopic (exact) mass is 308 g/mol. The average molecular weight is 309 g/mol. The number of nitrogens with one attached hydrogen (secondary N) is 1. The van der Waals surface area contributed by atoms with Crippen molar-refractivity contribution in [2.75, 3.05) is 19.6 Å². The molecule has 1 fully saturated rings. The normalized spacial score (nSPS) is 22.7. The zero-order valence-corrected chi connectivity index (χ0v) is 11.4. The molecule has 0 spiro atoms. The molecule has 1 N–H and O–H groups in total. The van der Waals surface area contributed by atoms with Gasteiger partial charge in [0.25, 0.3) is 11.8 Å². The Labute approximate surface area is 113 Å². The zero-order valence-electron chi connectivity index (χ0n) is 9.78. The Hall–Kier alpha value is -1.20. The van der Waals surface area contributed by atoms with E-state index in [0.29, 0.717) is 28.1 Å². The van der Waals surface area contributed by atoms with Crippen LogP contribution in [-0.2, 0) is 0 Å². The predicted octanol–water partition coefficient (Wildman–Crippen LogP) is 1.65. The van der Waals surface area contributed by atoms with Crippen molar-refractivity contribution in [3.8, 4) is 0 Å². The smallest absolute Gasteiger partial charge is 0.262 e. The molecule has 94 valence electrons. The first-order valence-electron chi connectivity index (χ1n) is 6.04. The summed E-state index contributed by atoms with van der Waals surface area (Å²) in [6, 6.07) is 5.30. The number of hydrogen-bond acceptors (Lipinski definition) is 3. The highest BCUT2D eigenvalue weighted by atomic mass is 79.9. The van der Waals surface area contributed by atoms with E-state index < -0.39 is 0 Å². The van der Waals surface area contributed by atoms with Crippen LogP contribution in [0.5, 0.6) is 0 Å². The molecule has 2 heterocycles. The van der Waals surface area contributed by atoms with Crippen LogP contribution in [0.2, 0.25) is 0 Å². The maximum absolute atomic E-state index is 12.3. The van der Waals surface area contributed by atoms with Gasteiger partial charge in [-0.25, -0.2) is 0 Å². The summed E-state index contributed by atoms with van der Waals surface area (Å²) in [4.78, 5) is 25.9. The van der Waals surface area contributed by atoms with Crippen LogP contribution in [0.1, 0.15) is 27.1 Å². The summed E-state index contributed by atoms with van der Waals surface area (Å²) in [5.41, 5.74) is 1.02. The number of carbonyl (C=O) groups excluding carboxylic acids is 2. The SMILES string of the molecule is O=C1c2cccc(Br)c2C(=O)N1CC1CCNC1. The standard InChI is InChI=1S/C13H13BrN2O2/c14-10-3-1-2-9-11(10)13(18)16(12(9)17)7-8-4-5-15-6-8/h1-3,8,15H,4-7H2. The average Bonchev–Trinajstić information content (AvgIpc) is 2.94. The molecule has 1 aromatic carbocycles. The van der Waals surface area contributed by atoms with Crippen molar-refractivity contribution in [2.24, 2.45) is 5.92 Å². The third-order valence-electron chi connectivity index (χ3n) is 3.55. The quantitative estimate of drug-likeness (QED) is 0.845. The summed E-state index contributed by atoms with van der Waals surface area (Å²) in [5.74, 6) is 0.0450. The maximum atomic E-state index is 12.3. The Morgan fingerprint density at radius 1 is 1.33 bits per heavy atom. The van der Waals surface area contributed by atoms with Crippen molar-refractivity contribution in [3.05, 3.63) is 33.8 Å². The second-order valence-electron chi connectivity index (χ2n) is 4.74. The molecule has 0 saturated carbocycles.